The van der Waals surface area contributed by atoms with E-state index in [1.165, 1.54) is 0 Å². The van der Waals surface area contributed by atoms with E-state index in [0.717, 1.165) is 5.82 Å². The molecule has 1 heterocycles. The summed E-state index contributed by atoms with van der Waals surface area (Å²) in [4.78, 5) is 7.48. The lowest BCUT2D eigenvalue weighted by Gasteiger charge is -2.18. The first kappa shape index (κ1) is 14.3. The number of hydrogen-bond donors (Lipinski definition) is 1. The molecule has 0 bridgehead atoms. The molecule has 1 aromatic carbocycles. The summed E-state index contributed by atoms with van der Waals surface area (Å²) in [7, 11) is 0. The van der Waals surface area contributed by atoms with Gasteiger partial charge in [-0.25, -0.2) is 9.37 Å². The van der Waals surface area contributed by atoms with Gasteiger partial charge in [0.1, 0.15) is 16.3 Å². The van der Waals surface area contributed by atoms with E-state index >= 15 is 0 Å². The van der Waals surface area contributed by atoms with Gasteiger partial charge in [-0.2, -0.15) is 0 Å². The van der Waals surface area contributed by atoms with Crippen molar-refractivity contribution < 1.29 is 4.39 Å². The minimum atomic E-state index is -0.306. The summed E-state index contributed by atoms with van der Waals surface area (Å²) in [6.07, 6.45) is 0. The van der Waals surface area contributed by atoms with E-state index in [9.17, 15) is 4.39 Å². The van der Waals surface area contributed by atoms with Gasteiger partial charge in [0.05, 0.1) is 10.2 Å². The zero-order valence-electron chi connectivity index (χ0n) is 10.9. The molecular weight excluding hydrogens is 327 g/mol. The van der Waals surface area contributed by atoms with Crippen molar-refractivity contribution in [3.05, 3.63) is 45.0 Å². The fourth-order valence-corrected chi connectivity index (χ4v) is 2.24. The first-order chi connectivity index (χ1) is 8.79. The van der Waals surface area contributed by atoms with Crippen LogP contribution >= 0.6 is 28.1 Å². The number of nitrogens with one attached hydrogen (secondary N) is 1. The maximum absolute atomic E-state index is 14.1. The third-order valence-corrected chi connectivity index (χ3v) is 3.52. The van der Waals surface area contributed by atoms with E-state index in [0.29, 0.717) is 20.4 Å². The molecule has 0 saturated heterocycles. The van der Waals surface area contributed by atoms with Gasteiger partial charge in [0.2, 0.25) is 0 Å². The maximum Gasteiger partial charge on any atom is 0.146 e. The Morgan fingerprint density at radius 1 is 1.32 bits per heavy atom. The zero-order valence-corrected chi connectivity index (χ0v) is 13.3. The smallest absolute Gasteiger partial charge is 0.146 e. The number of aromatic amines is 1. The number of H-pyrrole nitrogens is 1. The van der Waals surface area contributed by atoms with Crippen LogP contribution in [-0.4, -0.2) is 9.97 Å². The van der Waals surface area contributed by atoms with Gasteiger partial charge in [0.15, 0.2) is 0 Å². The van der Waals surface area contributed by atoms with Gasteiger partial charge < -0.3 is 4.98 Å². The summed E-state index contributed by atoms with van der Waals surface area (Å²) in [6.45, 7) is 6.09. The van der Waals surface area contributed by atoms with Crippen molar-refractivity contribution in [2.24, 2.45) is 0 Å². The average molecular weight is 341 g/mol. The molecule has 19 heavy (non-hydrogen) atoms. The molecule has 0 atom stereocenters. The topological polar surface area (TPSA) is 28.7 Å². The second-order valence-electron chi connectivity index (χ2n) is 5.33. The Morgan fingerprint density at radius 3 is 2.63 bits per heavy atom. The monoisotopic (exact) mass is 340 g/mol. The lowest BCUT2D eigenvalue weighted by Crippen LogP contribution is -2.16. The van der Waals surface area contributed by atoms with Crippen molar-refractivity contribution in [2.75, 3.05) is 0 Å². The third-order valence-electron chi connectivity index (χ3n) is 2.70. The predicted octanol–water partition coefficient (Wildman–Crippen LogP) is 5.01. The zero-order chi connectivity index (χ0) is 14.2. The van der Waals surface area contributed by atoms with Crippen LogP contribution in [0.3, 0.4) is 0 Å². The van der Waals surface area contributed by atoms with Gasteiger partial charge in [0.25, 0.3) is 0 Å². The van der Waals surface area contributed by atoms with E-state index in [4.69, 9.17) is 12.2 Å². The lowest BCUT2D eigenvalue weighted by molar-refractivity contribution is 0.544. The van der Waals surface area contributed by atoms with E-state index in [-0.39, 0.29) is 11.2 Å². The molecule has 100 valence electrons. The molecule has 2 aromatic rings. The van der Waals surface area contributed by atoms with Crippen molar-refractivity contribution in [1.29, 1.82) is 0 Å². The highest BCUT2D eigenvalue weighted by Gasteiger charge is 2.18. The van der Waals surface area contributed by atoms with Crippen LogP contribution in [0, 0.1) is 10.5 Å². The molecule has 0 aliphatic carbocycles. The standard InChI is InChI=1S/C14H14BrFN2S/c1-14(2,3)13-17-10(7-11(19)18-13)8-5-4-6-9(15)12(8)16/h4-7H,1-3H3,(H,17,18,19). The lowest BCUT2D eigenvalue weighted by atomic mass is 9.95. The largest absolute Gasteiger partial charge is 0.343 e. The van der Waals surface area contributed by atoms with E-state index in [2.05, 4.69) is 25.9 Å². The van der Waals surface area contributed by atoms with Crippen LogP contribution in [0.25, 0.3) is 11.3 Å². The number of nitrogens with zero attached hydrogens (tertiary/aromatic N) is 1. The summed E-state index contributed by atoms with van der Waals surface area (Å²) in [5.41, 5.74) is 0.948. The summed E-state index contributed by atoms with van der Waals surface area (Å²) in [5.74, 6) is 0.439. The van der Waals surface area contributed by atoms with Gasteiger partial charge in [0, 0.05) is 11.0 Å². The van der Waals surface area contributed by atoms with Crippen molar-refractivity contribution in [1.82, 2.24) is 9.97 Å². The molecule has 0 radical (unpaired) electrons. The fourth-order valence-electron chi connectivity index (χ4n) is 1.67. The predicted molar refractivity (Wildman–Crippen MR) is 81.2 cm³/mol. The second-order valence-corrected chi connectivity index (χ2v) is 6.61. The highest BCUT2D eigenvalue weighted by atomic mass is 79.9. The highest BCUT2D eigenvalue weighted by molar-refractivity contribution is 9.10. The molecule has 0 saturated carbocycles. The first-order valence-corrected chi connectivity index (χ1v) is 7.05. The highest BCUT2D eigenvalue weighted by Crippen LogP contribution is 2.28. The molecule has 0 unspecified atom stereocenters. The molecule has 0 amide bonds. The van der Waals surface area contributed by atoms with E-state index in [1.54, 1.807) is 24.3 Å². The quantitative estimate of drug-likeness (QED) is 0.739. The molecule has 1 aromatic heterocycles. The van der Waals surface area contributed by atoms with Crippen LogP contribution < -0.4 is 0 Å². The van der Waals surface area contributed by atoms with Gasteiger partial charge >= 0.3 is 0 Å². The SMILES string of the molecule is CC(C)(C)c1nc(=S)cc(-c2cccc(Br)c2F)[nH]1. The molecular formula is C14H14BrFN2S. The molecule has 2 rings (SSSR count). The van der Waals surface area contributed by atoms with Gasteiger partial charge in [-0.15, -0.1) is 0 Å². The molecule has 0 aliphatic heterocycles. The van der Waals surface area contributed by atoms with Gasteiger partial charge in [-0.05, 0) is 34.1 Å². The third kappa shape index (κ3) is 3.09. The van der Waals surface area contributed by atoms with Crippen molar-refractivity contribution in [2.45, 2.75) is 26.2 Å². The summed E-state index contributed by atoms with van der Waals surface area (Å²) < 4.78 is 15.0. The Labute approximate surface area is 125 Å². The number of benzene rings is 1. The summed E-state index contributed by atoms with van der Waals surface area (Å²) >= 11 is 8.36. The van der Waals surface area contributed by atoms with Crippen LogP contribution in [-0.2, 0) is 5.41 Å². The molecule has 2 nitrogen and oxygen atoms in total. The minimum Gasteiger partial charge on any atom is -0.343 e. The number of aromatic nitrogens is 2. The Hall–Kier alpha value is -1.07. The fraction of sp³-hybridized carbons (Fsp3) is 0.286. The number of hydrogen-bond acceptors (Lipinski definition) is 2. The van der Waals surface area contributed by atoms with Gasteiger partial charge in [-0.3, -0.25) is 0 Å². The van der Waals surface area contributed by atoms with Crippen LogP contribution in [0.2, 0.25) is 0 Å². The summed E-state index contributed by atoms with van der Waals surface area (Å²) in [6, 6.07) is 6.85. The molecule has 5 heteroatoms. The maximum atomic E-state index is 14.1. The number of rotatable bonds is 1. The van der Waals surface area contributed by atoms with Crippen molar-refractivity contribution in [3.8, 4) is 11.3 Å². The minimum absolute atomic E-state index is 0.175. The normalized spacial score (nSPS) is 11.6. The van der Waals surface area contributed by atoms with Crippen molar-refractivity contribution in [3.63, 3.8) is 0 Å². The Kier molecular flexibility index (Phi) is 3.87. The molecule has 0 spiro atoms. The Balaban J connectivity index is 2.67. The first-order valence-electron chi connectivity index (χ1n) is 5.85. The van der Waals surface area contributed by atoms with Crippen LogP contribution in [0.1, 0.15) is 26.6 Å². The summed E-state index contributed by atoms with van der Waals surface area (Å²) in [5, 5.41) is 0. The second kappa shape index (κ2) is 5.13. The van der Waals surface area contributed by atoms with E-state index < -0.39 is 0 Å². The molecule has 0 aliphatic rings. The van der Waals surface area contributed by atoms with Crippen LogP contribution in [0.15, 0.2) is 28.7 Å². The Bertz CT molecular complexity index is 674. The molecule has 1 N–H and O–H groups in total. The van der Waals surface area contributed by atoms with E-state index in [1.807, 2.05) is 20.8 Å². The van der Waals surface area contributed by atoms with Gasteiger partial charge in [-0.1, -0.05) is 39.1 Å². The average Bonchev–Trinajstić information content (AvgIpc) is 2.31. The number of halogens is 2. The Morgan fingerprint density at radius 2 is 2.00 bits per heavy atom. The van der Waals surface area contributed by atoms with Crippen LogP contribution in [0.5, 0.6) is 0 Å². The van der Waals surface area contributed by atoms with Crippen LogP contribution in [0.4, 0.5) is 4.39 Å². The molecule has 0 fully saturated rings. The van der Waals surface area contributed by atoms with Crippen molar-refractivity contribution >= 4 is 28.1 Å².